The van der Waals surface area contributed by atoms with Crippen molar-refractivity contribution in [3.05, 3.63) is 34.1 Å². The Labute approximate surface area is 109 Å². The molecule has 17 heavy (non-hydrogen) atoms. The van der Waals surface area contributed by atoms with Crippen molar-refractivity contribution in [3.63, 3.8) is 0 Å². The predicted molar refractivity (Wildman–Crippen MR) is 68.2 cm³/mol. The average Bonchev–Trinajstić information content (AvgIpc) is 2.36. The molecule has 1 fully saturated rings. The van der Waals surface area contributed by atoms with Gasteiger partial charge in [-0.05, 0) is 53.5 Å². The Morgan fingerprint density at radius 1 is 1.41 bits per heavy atom. The van der Waals surface area contributed by atoms with Crippen LogP contribution in [0.2, 0.25) is 0 Å². The molecule has 2 rings (SSSR count). The Morgan fingerprint density at radius 2 is 2.12 bits per heavy atom. The summed E-state index contributed by atoms with van der Waals surface area (Å²) in [5.74, 6) is -0.00697. The number of likely N-dealkylation sites (tertiary alicyclic amines) is 1. The first-order chi connectivity index (χ1) is 8.20. The highest BCUT2D eigenvalue weighted by atomic mass is 79.9. The first-order valence-corrected chi connectivity index (χ1v) is 6.60. The molecule has 2 nitrogen and oxygen atoms in total. The molecule has 0 amide bonds. The van der Waals surface area contributed by atoms with Gasteiger partial charge in [-0.25, -0.2) is 4.39 Å². The van der Waals surface area contributed by atoms with Crippen molar-refractivity contribution in [2.75, 3.05) is 13.1 Å². The Balaban J connectivity index is 1.98. The number of rotatable bonds is 3. The van der Waals surface area contributed by atoms with Crippen LogP contribution in [0.5, 0.6) is 0 Å². The van der Waals surface area contributed by atoms with Crippen molar-refractivity contribution < 1.29 is 9.18 Å². The van der Waals surface area contributed by atoms with E-state index in [1.54, 1.807) is 6.07 Å². The summed E-state index contributed by atoms with van der Waals surface area (Å²) in [7, 11) is 0. The van der Waals surface area contributed by atoms with Gasteiger partial charge in [-0.15, -0.1) is 0 Å². The molecule has 1 heterocycles. The number of carbonyl (C=O) groups excluding carboxylic acids is 1. The molecule has 1 aromatic rings. The minimum Gasteiger partial charge on any atom is -0.303 e. The normalized spacial score (nSPS) is 18.2. The van der Waals surface area contributed by atoms with Crippen molar-refractivity contribution in [2.24, 2.45) is 5.92 Å². The standard InChI is InChI=1S/C13H15BrFNO/c14-13-11(2-1-3-12(13)15)8-16-6-4-10(9-17)5-7-16/h1-3,9-10H,4-8H2. The molecule has 0 spiro atoms. The fourth-order valence-electron chi connectivity index (χ4n) is 2.16. The first-order valence-electron chi connectivity index (χ1n) is 5.81. The molecule has 0 atom stereocenters. The largest absolute Gasteiger partial charge is 0.303 e. The van der Waals surface area contributed by atoms with Crippen LogP contribution in [-0.4, -0.2) is 24.3 Å². The quantitative estimate of drug-likeness (QED) is 0.800. The van der Waals surface area contributed by atoms with E-state index in [0.717, 1.165) is 44.3 Å². The minimum atomic E-state index is -0.217. The summed E-state index contributed by atoms with van der Waals surface area (Å²) >= 11 is 3.27. The van der Waals surface area contributed by atoms with Crippen LogP contribution in [-0.2, 0) is 11.3 Å². The van der Waals surface area contributed by atoms with Gasteiger partial charge < -0.3 is 4.79 Å². The lowest BCUT2D eigenvalue weighted by atomic mass is 9.98. The SMILES string of the molecule is O=CC1CCN(Cc2cccc(F)c2Br)CC1. The van der Waals surface area contributed by atoms with Crippen LogP contribution in [0.1, 0.15) is 18.4 Å². The maximum atomic E-state index is 13.3. The molecule has 0 N–H and O–H groups in total. The van der Waals surface area contributed by atoms with Crippen LogP contribution in [0.4, 0.5) is 4.39 Å². The van der Waals surface area contributed by atoms with Crippen molar-refractivity contribution >= 4 is 22.2 Å². The van der Waals surface area contributed by atoms with Crippen molar-refractivity contribution in [2.45, 2.75) is 19.4 Å². The molecule has 92 valence electrons. The molecular weight excluding hydrogens is 285 g/mol. The van der Waals surface area contributed by atoms with Gasteiger partial charge in [-0.1, -0.05) is 12.1 Å². The number of halogens is 2. The van der Waals surface area contributed by atoms with Gasteiger partial charge in [0.15, 0.2) is 0 Å². The van der Waals surface area contributed by atoms with E-state index in [1.807, 2.05) is 6.07 Å². The monoisotopic (exact) mass is 299 g/mol. The first kappa shape index (κ1) is 12.7. The molecule has 0 aliphatic carbocycles. The number of piperidine rings is 1. The molecule has 0 radical (unpaired) electrons. The molecule has 0 unspecified atom stereocenters. The van der Waals surface area contributed by atoms with Crippen LogP contribution < -0.4 is 0 Å². The van der Waals surface area contributed by atoms with Gasteiger partial charge >= 0.3 is 0 Å². The van der Waals surface area contributed by atoms with Crippen LogP contribution in [0.3, 0.4) is 0 Å². The van der Waals surface area contributed by atoms with Gasteiger partial charge in [0.25, 0.3) is 0 Å². The lowest BCUT2D eigenvalue weighted by molar-refractivity contribution is -0.112. The number of carbonyl (C=O) groups is 1. The maximum absolute atomic E-state index is 13.3. The number of hydrogen-bond acceptors (Lipinski definition) is 2. The van der Waals surface area contributed by atoms with Crippen LogP contribution in [0.25, 0.3) is 0 Å². The second-order valence-electron chi connectivity index (χ2n) is 4.46. The summed E-state index contributed by atoms with van der Waals surface area (Å²) in [5.41, 5.74) is 0.967. The molecule has 0 saturated carbocycles. The highest BCUT2D eigenvalue weighted by Crippen LogP contribution is 2.24. The summed E-state index contributed by atoms with van der Waals surface area (Å²) in [4.78, 5) is 12.9. The molecular formula is C13H15BrFNO. The highest BCUT2D eigenvalue weighted by Gasteiger charge is 2.19. The van der Waals surface area contributed by atoms with Crippen molar-refractivity contribution in [3.8, 4) is 0 Å². The number of benzene rings is 1. The number of aldehydes is 1. The number of nitrogens with zero attached hydrogens (tertiary/aromatic N) is 1. The smallest absolute Gasteiger partial charge is 0.137 e. The van der Waals surface area contributed by atoms with E-state index in [1.165, 1.54) is 6.07 Å². The Kier molecular flexibility index (Phi) is 4.29. The van der Waals surface area contributed by atoms with Crippen LogP contribution in [0.15, 0.2) is 22.7 Å². The van der Waals surface area contributed by atoms with Gasteiger partial charge in [-0.2, -0.15) is 0 Å². The minimum absolute atomic E-state index is 0.210. The van der Waals surface area contributed by atoms with Gasteiger partial charge in [0.1, 0.15) is 12.1 Å². The zero-order valence-electron chi connectivity index (χ0n) is 9.53. The van der Waals surface area contributed by atoms with Gasteiger partial charge in [0.2, 0.25) is 0 Å². The summed E-state index contributed by atoms with van der Waals surface area (Å²) < 4.78 is 13.9. The van der Waals surface area contributed by atoms with E-state index in [4.69, 9.17) is 0 Å². The van der Waals surface area contributed by atoms with Crippen LogP contribution in [0, 0.1) is 11.7 Å². The molecule has 1 aromatic carbocycles. The van der Waals surface area contributed by atoms with E-state index < -0.39 is 0 Å². The van der Waals surface area contributed by atoms with E-state index in [0.29, 0.717) is 4.47 Å². The summed E-state index contributed by atoms with van der Waals surface area (Å²) in [6.07, 6.45) is 2.88. The van der Waals surface area contributed by atoms with Crippen molar-refractivity contribution in [1.82, 2.24) is 4.90 Å². The summed E-state index contributed by atoms with van der Waals surface area (Å²) in [6.45, 7) is 2.56. The van der Waals surface area contributed by atoms with Crippen LogP contribution >= 0.6 is 15.9 Å². The fourth-order valence-corrected chi connectivity index (χ4v) is 2.55. The maximum Gasteiger partial charge on any atom is 0.137 e. The zero-order chi connectivity index (χ0) is 12.3. The Morgan fingerprint density at radius 3 is 2.76 bits per heavy atom. The molecule has 1 aliphatic heterocycles. The highest BCUT2D eigenvalue weighted by molar-refractivity contribution is 9.10. The lowest BCUT2D eigenvalue weighted by Gasteiger charge is -2.29. The molecule has 1 saturated heterocycles. The fraction of sp³-hybridized carbons (Fsp3) is 0.462. The van der Waals surface area contributed by atoms with Gasteiger partial charge in [0.05, 0.1) is 4.47 Å². The molecule has 4 heteroatoms. The van der Waals surface area contributed by atoms with E-state index in [-0.39, 0.29) is 11.7 Å². The van der Waals surface area contributed by atoms with Gasteiger partial charge in [0, 0.05) is 12.5 Å². The number of hydrogen-bond donors (Lipinski definition) is 0. The topological polar surface area (TPSA) is 20.3 Å². The third-order valence-corrected chi connectivity index (χ3v) is 4.14. The summed E-state index contributed by atoms with van der Waals surface area (Å²) in [6, 6.07) is 5.11. The second-order valence-corrected chi connectivity index (χ2v) is 5.26. The van der Waals surface area contributed by atoms with E-state index in [9.17, 15) is 9.18 Å². The molecule has 0 aromatic heterocycles. The second kappa shape index (κ2) is 5.74. The van der Waals surface area contributed by atoms with Crippen molar-refractivity contribution in [1.29, 1.82) is 0 Å². The molecule has 0 bridgehead atoms. The zero-order valence-corrected chi connectivity index (χ0v) is 11.1. The van der Waals surface area contributed by atoms with E-state index >= 15 is 0 Å². The van der Waals surface area contributed by atoms with Gasteiger partial charge in [-0.3, -0.25) is 4.90 Å². The third-order valence-electron chi connectivity index (χ3n) is 3.25. The average molecular weight is 300 g/mol. The lowest BCUT2D eigenvalue weighted by Crippen LogP contribution is -2.33. The Hall–Kier alpha value is -0.740. The summed E-state index contributed by atoms with van der Waals surface area (Å²) in [5, 5.41) is 0. The third kappa shape index (κ3) is 3.13. The molecule has 1 aliphatic rings. The predicted octanol–water partition coefficient (Wildman–Crippen LogP) is 3.00. The van der Waals surface area contributed by atoms with E-state index in [2.05, 4.69) is 20.8 Å². The Bertz CT molecular complexity index is 402.